The first-order valence-electron chi connectivity index (χ1n) is 11.3. The number of benzene rings is 4. The molecule has 0 fully saturated rings. The number of nitrogens with zero attached hydrogens (tertiary/aromatic N) is 1. The third-order valence-electron chi connectivity index (χ3n) is 5.90. The van der Waals surface area contributed by atoms with Crippen LogP contribution < -0.4 is 5.32 Å². The maximum Gasteiger partial charge on any atom is 0.316 e. The van der Waals surface area contributed by atoms with Crippen molar-refractivity contribution >= 4 is 73.5 Å². The number of halogens is 1. The average Bonchev–Trinajstić information content (AvgIpc) is 3.19. The van der Waals surface area contributed by atoms with Gasteiger partial charge in [0.25, 0.3) is 5.91 Å². The Balaban J connectivity index is 1.21. The van der Waals surface area contributed by atoms with Gasteiger partial charge in [-0.1, -0.05) is 54.1 Å². The van der Waals surface area contributed by atoms with Crippen LogP contribution in [0.1, 0.15) is 6.92 Å². The Bertz CT molecular complexity index is 1570. The fraction of sp³-hybridized carbons (Fsp3) is 0.143. The normalized spacial score (nSPS) is 11.3. The van der Waals surface area contributed by atoms with Crippen LogP contribution in [0.25, 0.3) is 32.6 Å². The van der Waals surface area contributed by atoms with Crippen LogP contribution in [-0.2, 0) is 20.9 Å². The summed E-state index contributed by atoms with van der Waals surface area (Å²) in [6.07, 6.45) is 0. The number of anilines is 1. The van der Waals surface area contributed by atoms with Crippen LogP contribution in [0.2, 0.25) is 5.02 Å². The molecule has 35 heavy (non-hydrogen) atoms. The Labute approximate surface area is 212 Å². The number of ether oxygens (including phenoxy) is 1. The molecule has 0 saturated heterocycles. The van der Waals surface area contributed by atoms with Crippen LogP contribution in [0.4, 0.5) is 5.69 Å². The summed E-state index contributed by atoms with van der Waals surface area (Å²) in [5.41, 5.74) is 2.94. The predicted molar refractivity (Wildman–Crippen MR) is 144 cm³/mol. The van der Waals surface area contributed by atoms with E-state index in [1.807, 2.05) is 66.7 Å². The summed E-state index contributed by atoms with van der Waals surface area (Å²) in [5.74, 6) is -0.758. The van der Waals surface area contributed by atoms with Gasteiger partial charge < -0.3 is 14.6 Å². The molecule has 0 saturated carbocycles. The van der Waals surface area contributed by atoms with Crippen molar-refractivity contribution in [1.29, 1.82) is 0 Å². The van der Waals surface area contributed by atoms with Crippen LogP contribution in [-0.4, -0.2) is 28.8 Å². The molecule has 4 aromatic carbocycles. The van der Waals surface area contributed by atoms with Gasteiger partial charge in [-0.05, 0) is 48.7 Å². The minimum atomic E-state index is -0.462. The molecule has 0 spiro atoms. The molecule has 176 valence electrons. The monoisotopic (exact) mass is 502 g/mol. The Hall–Kier alpha value is -3.48. The number of thioether (sulfide) groups is 1. The first-order valence-corrected chi connectivity index (χ1v) is 12.7. The zero-order valence-corrected chi connectivity index (χ0v) is 20.7. The van der Waals surface area contributed by atoms with Gasteiger partial charge >= 0.3 is 5.97 Å². The lowest BCUT2D eigenvalue weighted by atomic mass is 10.1. The van der Waals surface area contributed by atoms with Gasteiger partial charge in [0.15, 0.2) is 6.61 Å². The number of aromatic nitrogens is 1. The van der Waals surface area contributed by atoms with E-state index in [4.69, 9.17) is 16.3 Å². The minimum absolute atomic E-state index is 0.0834. The number of amides is 1. The maximum absolute atomic E-state index is 12.5. The van der Waals surface area contributed by atoms with E-state index in [1.165, 1.54) is 11.8 Å². The van der Waals surface area contributed by atoms with E-state index >= 15 is 0 Å². The molecule has 0 radical (unpaired) electrons. The molecular formula is C28H23ClN2O3S. The number of hydrogen-bond donors (Lipinski definition) is 1. The second-order valence-electron chi connectivity index (χ2n) is 8.08. The van der Waals surface area contributed by atoms with E-state index in [-0.39, 0.29) is 18.3 Å². The molecule has 1 amide bonds. The lowest BCUT2D eigenvalue weighted by molar-refractivity contribution is -0.144. The van der Waals surface area contributed by atoms with Crippen LogP contribution in [0, 0.1) is 0 Å². The number of rotatable bonds is 7. The Kier molecular flexibility index (Phi) is 6.66. The van der Waals surface area contributed by atoms with Gasteiger partial charge in [0.1, 0.15) is 0 Å². The van der Waals surface area contributed by atoms with Crippen LogP contribution in [0.15, 0.2) is 83.8 Å². The van der Waals surface area contributed by atoms with E-state index in [1.54, 1.807) is 0 Å². The van der Waals surface area contributed by atoms with Gasteiger partial charge in [0.2, 0.25) is 0 Å². The van der Waals surface area contributed by atoms with Crippen molar-refractivity contribution in [1.82, 2.24) is 4.57 Å². The quantitative estimate of drug-likeness (QED) is 0.194. The summed E-state index contributed by atoms with van der Waals surface area (Å²) in [6, 6.07) is 25.6. The first-order chi connectivity index (χ1) is 17.0. The van der Waals surface area contributed by atoms with Crippen molar-refractivity contribution in [2.75, 3.05) is 17.7 Å². The number of aryl methyl sites for hydroxylation is 1. The molecule has 0 unspecified atom stereocenters. The summed E-state index contributed by atoms with van der Waals surface area (Å²) >= 11 is 7.69. The van der Waals surface area contributed by atoms with Gasteiger partial charge in [-0.15, -0.1) is 11.8 Å². The molecule has 5 aromatic rings. The highest BCUT2D eigenvalue weighted by atomic mass is 35.5. The fourth-order valence-electron chi connectivity index (χ4n) is 4.38. The largest absolute Gasteiger partial charge is 0.455 e. The van der Waals surface area contributed by atoms with Crippen molar-refractivity contribution in [3.05, 3.63) is 83.9 Å². The number of carbonyl (C=O) groups excluding carboxylic acids is 2. The molecule has 0 atom stereocenters. The smallest absolute Gasteiger partial charge is 0.316 e. The summed E-state index contributed by atoms with van der Waals surface area (Å²) < 4.78 is 7.46. The van der Waals surface area contributed by atoms with Gasteiger partial charge in [-0.25, -0.2) is 0 Å². The molecule has 5 nitrogen and oxygen atoms in total. The average molecular weight is 503 g/mol. The first kappa shape index (κ1) is 23.3. The summed E-state index contributed by atoms with van der Waals surface area (Å²) in [6.45, 7) is 2.63. The van der Waals surface area contributed by atoms with Crippen molar-refractivity contribution in [2.24, 2.45) is 0 Å². The van der Waals surface area contributed by atoms with Crippen LogP contribution in [0.5, 0.6) is 0 Å². The van der Waals surface area contributed by atoms with Crippen molar-refractivity contribution in [3.8, 4) is 0 Å². The van der Waals surface area contributed by atoms with Gasteiger partial charge in [-0.3, -0.25) is 9.59 Å². The molecule has 1 aromatic heterocycles. The Morgan fingerprint density at radius 2 is 1.71 bits per heavy atom. The minimum Gasteiger partial charge on any atom is -0.455 e. The lowest BCUT2D eigenvalue weighted by Gasteiger charge is -2.09. The molecule has 7 heteroatoms. The third-order valence-corrected chi connectivity index (χ3v) is 7.24. The second-order valence-corrected chi connectivity index (χ2v) is 9.51. The maximum atomic E-state index is 12.5. The van der Waals surface area contributed by atoms with Crippen molar-refractivity contribution in [3.63, 3.8) is 0 Å². The highest BCUT2D eigenvalue weighted by Gasteiger charge is 2.13. The highest BCUT2D eigenvalue weighted by molar-refractivity contribution is 8.00. The van der Waals surface area contributed by atoms with Gasteiger partial charge in [0.05, 0.1) is 5.75 Å². The SMILES string of the molecule is CCn1c2ccccc2c2cc(NC(=O)COC(=O)CSc3cccc4cccc(Cl)c34)ccc21. The van der Waals surface area contributed by atoms with E-state index in [0.717, 1.165) is 44.0 Å². The zero-order valence-electron chi connectivity index (χ0n) is 19.1. The molecule has 0 bridgehead atoms. The van der Waals surface area contributed by atoms with Crippen LogP contribution >= 0.6 is 23.4 Å². The molecule has 0 aliphatic heterocycles. The number of carbonyl (C=O) groups is 2. The van der Waals surface area contributed by atoms with E-state index in [2.05, 4.69) is 28.9 Å². The Morgan fingerprint density at radius 1 is 0.943 bits per heavy atom. The van der Waals surface area contributed by atoms with Crippen molar-refractivity contribution < 1.29 is 14.3 Å². The topological polar surface area (TPSA) is 60.3 Å². The van der Waals surface area contributed by atoms with E-state index < -0.39 is 5.97 Å². The fourth-order valence-corrected chi connectivity index (χ4v) is 5.62. The molecule has 1 heterocycles. The number of nitrogens with one attached hydrogen (secondary N) is 1. The lowest BCUT2D eigenvalue weighted by Crippen LogP contribution is -2.21. The Morgan fingerprint density at radius 3 is 2.54 bits per heavy atom. The van der Waals surface area contributed by atoms with Gasteiger partial charge in [0, 0.05) is 49.3 Å². The molecular weight excluding hydrogens is 480 g/mol. The van der Waals surface area contributed by atoms with E-state index in [9.17, 15) is 9.59 Å². The predicted octanol–water partition coefficient (Wildman–Crippen LogP) is 6.90. The number of para-hydroxylation sites is 1. The number of esters is 1. The number of fused-ring (bicyclic) bond motifs is 4. The third kappa shape index (κ3) is 4.72. The molecule has 5 rings (SSSR count). The molecule has 1 N–H and O–H groups in total. The highest BCUT2D eigenvalue weighted by Crippen LogP contribution is 2.33. The summed E-state index contributed by atoms with van der Waals surface area (Å²) in [4.78, 5) is 25.6. The van der Waals surface area contributed by atoms with E-state index in [0.29, 0.717) is 10.7 Å². The number of hydrogen-bond acceptors (Lipinski definition) is 4. The van der Waals surface area contributed by atoms with Crippen molar-refractivity contribution in [2.45, 2.75) is 18.4 Å². The van der Waals surface area contributed by atoms with Gasteiger partial charge in [-0.2, -0.15) is 0 Å². The summed E-state index contributed by atoms with van der Waals surface area (Å²) in [5, 5.41) is 7.60. The second kappa shape index (κ2) is 10.0. The van der Waals surface area contributed by atoms with Crippen LogP contribution in [0.3, 0.4) is 0 Å². The molecule has 0 aliphatic rings. The molecule has 0 aliphatic carbocycles. The summed E-state index contributed by atoms with van der Waals surface area (Å²) in [7, 11) is 0. The standard InChI is InChI=1S/C28H23ClN2O3S/c1-2-31-23-11-4-3-9-20(23)21-15-19(13-14-24(21)31)30-26(32)16-34-27(33)17-35-25-12-6-8-18-7-5-10-22(29)28(18)25/h3-15H,2,16-17H2,1H3,(H,30,32). The zero-order chi connectivity index (χ0) is 24.4.